The number of carbonyl (C=O) groups is 3. The summed E-state index contributed by atoms with van der Waals surface area (Å²) in [6, 6.07) is -0.316. The minimum Gasteiger partial charge on any atom is -0.481 e. The fourth-order valence-corrected chi connectivity index (χ4v) is 1.95. The molecule has 0 aliphatic carbocycles. The summed E-state index contributed by atoms with van der Waals surface area (Å²) in [5.41, 5.74) is -0.435. The maximum absolute atomic E-state index is 12.1. The Morgan fingerprint density at radius 2 is 1.81 bits per heavy atom. The first-order chi connectivity index (χ1) is 9.59. The molecule has 6 heteroatoms. The fraction of sp³-hybridized carbons (Fsp3) is 0.800. The molecule has 0 aromatic carbocycles. The molecular formula is C15H28N2O4. The van der Waals surface area contributed by atoms with Crippen LogP contribution in [-0.4, -0.2) is 46.9 Å². The molecule has 0 fully saturated rings. The largest absolute Gasteiger partial charge is 0.481 e. The summed E-state index contributed by atoms with van der Waals surface area (Å²) in [4.78, 5) is 36.0. The van der Waals surface area contributed by atoms with Crippen molar-refractivity contribution < 1.29 is 19.5 Å². The second-order valence-electron chi connectivity index (χ2n) is 6.24. The minimum atomic E-state index is -0.911. The summed E-state index contributed by atoms with van der Waals surface area (Å²) in [5.74, 6) is -1.02. The van der Waals surface area contributed by atoms with Crippen LogP contribution < -0.4 is 5.32 Å². The number of carboxylic acid groups (broad SMARTS) is 1. The lowest BCUT2D eigenvalue weighted by molar-refractivity contribution is -0.140. The first kappa shape index (κ1) is 19.4. The molecule has 21 heavy (non-hydrogen) atoms. The van der Waals surface area contributed by atoms with Crippen molar-refractivity contribution in [3.8, 4) is 0 Å². The van der Waals surface area contributed by atoms with E-state index in [1.807, 2.05) is 27.7 Å². The zero-order valence-electron chi connectivity index (χ0n) is 13.7. The third-order valence-corrected chi connectivity index (χ3v) is 3.20. The van der Waals surface area contributed by atoms with E-state index in [-0.39, 0.29) is 24.3 Å². The SMILES string of the molecule is CCN(C(=O)CCCNC(=O)C(C)(C)C)C(C)CC(=O)O. The van der Waals surface area contributed by atoms with Crippen LogP contribution >= 0.6 is 0 Å². The number of nitrogens with one attached hydrogen (secondary N) is 1. The van der Waals surface area contributed by atoms with Gasteiger partial charge in [-0.15, -0.1) is 0 Å². The van der Waals surface area contributed by atoms with Gasteiger partial charge in [0.15, 0.2) is 0 Å². The molecule has 2 N–H and O–H groups in total. The molecule has 6 nitrogen and oxygen atoms in total. The fourth-order valence-electron chi connectivity index (χ4n) is 1.95. The highest BCUT2D eigenvalue weighted by Gasteiger charge is 2.22. The lowest BCUT2D eigenvalue weighted by atomic mass is 9.96. The Hall–Kier alpha value is -1.59. The summed E-state index contributed by atoms with van der Waals surface area (Å²) in [6.45, 7) is 10.0. The Labute approximate surface area is 126 Å². The molecule has 1 atom stereocenters. The summed E-state index contributed by atoms with van der Waals surface area (Å²) in [5, 5.41) is 11.6. The van der Waals surface area contributed by atoms with E-state index in [1.54, 1.807) is 11.8 Å². The maximum Gasteiger partial charge on any atom is 0.305 e. The van der Waals surface area contributed by atoms with Gasteiger partial charge in [0.2, 0.25) is 11.8 Å². The third-order valence-electron chi connectivity index (χ3n) is 3.20. The molecule has 1 unspecified atom stereocenters. The highest BCUT2D eigenvalue weighted by atomic mass is 16.4. The number of hydrogen-bond donors (Lipinski definition) is 2. The van der Waals surface area contributed by atoms with E-state index < -0.39 is 11.4 Å². The standard InChI is InChI=1S/C15H28N2O4/c1-6-17(11(2)10-13(19)20)12(18)8-7-9-16-14(21)15(3,4)5/h11H,6-10H2,1-5H3,(H,16,21)(H,19,20). The summed E-state index contributed by atoms with van der Waals surface area (Å²) in [7, 11) is 0. The third kappa shape index (κ3) is 7.68. The molecule has 0 spiro atoms. The summed E-state index contributed by atoms with van der Waals surface area (Å²) < 4.78 is 0. The highest BCUT2D eigenvalue weighted by molar-refractivity contribution is 5.81. The van der Waals surface area contributed by atoms with Gasteiger partial charge in [-0.2, -0.15) is 0 Å². The maximum atomic E-state index is 12.1. The van der Waals surface area contributed by atoms with Crippen LogP contribution in [0, 0.1) is 5.41 Å². The van der Waals surface area contributed by atoms with Gasteiger partial charge in [-0.1, -0.05) is 20.8 Å². The number of carbonyl (C=O) groups excluding carboxylic acids is 2. The Balaban J connectivity index is 4.17. The van der Waals surface area contributed by atoms with E-state index in [9.17, 15) is 14.4 Å². The molecule has 0 aromatic rings. The van der Waals surface area contributed by atoms with Crippen LogP contribution in [0.1, 0.15) is 53.9 Å². The van der Waals surface area contributed by atoms with Crippen molar-refractivity contribution in [3.05, 3.63) is 0 Å². The molecule has 0 aliphatic rings. The van der Waals surface area contributed by atoms with E-state index in [0.29, 0.717) is 25.9 Å². The molecule has 0 rings (SSSR count). The number of rotatable bonds is 8. The number of nitrogens with zero attached hydrogens (tertiary/aromatic N) is 1. The number of aliphatic carboxylic acids is 1. The van der Waals surface area contributed by atoms with Crippen molar-refractivity contribution in [2.24, 2.45) is 5.41 Å². The quantitative estimate of drug-likeness (QED) is 0.667. The van der Waals surface area contributed by atoms with E-state index in [0.717, 1.165) is 0 Å². The molecule has 0 saturated heterocycles. The van der Waals surface area contributed by atoms with E-state index in [2.05, 4.69) is 5.32 Å². The van der Waals surface area contributed by atoms with Crippen molar-refractivity contribution in [1.29, 1.82) is 0 Å². The number of amides is 2. The van der Waals surface area contributed by atoms with Crippen molar-refractivity contribution in [3.63, 3.8) is 0 Å². The Kier molecular flexibility index (Phi) is 7.99. The Morgan fingerprint density at radius 1 is 1.24 bits per heavy atom. The van der Waals surface area contributed by atoms with Gasteiger partial charge >= 0.3 is 5.97 Å². The summed E-state index contributed by atoms with van der Waals surface area (Å²) >= 11 is 0. The molecule has 0 aliphatic heterocycles. The van der Waals surface area contributed by atoms with Crippen LogP contribution in [0.4, 0.5) is 0 Å². The topological polar surface area (TPSA) is 86.7 Å². The number of carboxylic acids is 1. The van der Waals surface area contributed by atoms with Gasteiger partial charge in [-0.25, -0.2) is 0 Å². The van der Waals surface area contributed by atoms with Crippen LogP contribution in [-0.2, 0) is 14.4 Å². The van der Waals surface area contributed by atoms with Crippen LogP contribution in [0.2, 0.25) is 0 Å². The smallest absolute Gasteiger partial charge is 0.305 e. The predicted molar refractivity (Wildman–Crippen MR) is 80.8 cm³/mol. The predicted octanol–water partition coefficient (Wildman–Crippen LogP) is 1.64. The van der Waals surface area contributed by atoms with E-state index in [1.165, 1.54) is 0 Å². The average molecular weight is 300 g/mol. The van der Waals surface area contributed by atoms with Crippen molar-refractivity contribution in [2.75, 3.05) is 13.1 Å². The highest BCUT2D eigenvalue weighted by Crippen LogP contribution is 2.12. The van der Waals surface area contributed by atoms with Gasteiger partial charge in [0.25, 0.3) is 0 Å². The lowest BCUT2D eigenvalue weighted by Gasteiger charge is -2.27. The molecule has 2 amide bonds. The van der Waals surface area contributed by atoms with Crippen LogP contribution in [0.3, 0.4) is 0 Å². The molecule has 0 bridgehead atoms. The lowest BCUT2D eigenvalue weighted by Crippen LogP contribution is -2.40. The zero-order valence-corrected chi connectivity index (χ0v) is 13.7. The van der Waals surface area contributed by atoms with Gasteiger partial charge in [0, 0.05) is 31.0 Å². The average Bonchev–Trinajstić information content (AvgIpc) is 2.32. The number of hydrogen-bond acceptors (Lipinski definition) is 3. The Morgan fingerprint density at radius 3 is 2.24 bits per heavy atom. The molecule has 0 heterocycles. The molecule has 0 aromatic heterocycles. The van der Waals surface area contributed by atoms with Gasteiger partial charge in [0.05, 0.1) is 6.42 Å². The molecule has 0 radical (unpaired) electrons. The minimum absolute atomic E-state index is 0.0402. The van der Waals surface area contributed by atoms with E-state index in [4.69, 9.17) is 5.11 Å². The molecule has 122 valence electrons. The Bertz CT molecular complexity index is 374. The first-order valence-corrected chi connectivity index (χ1v) is 7.39. The van der Waals surface area contributed by atoms with Crippen LogP contribution in [0.5, 0.6) is 0 Å². The second kappa shape index (κ2) is 8.64. The van der Waals surface area contributed by atoms with Crippen LogP contribution in [0.25, 0.3) is 0 Å². The van der Waals surface area contributed by atoms with Gasteiger partial charge < -0.3 is 15.3 Å². The zero-order chi connectivity index (χ0) is 16.6. The normalized spacial score (nSPS) is 12.6. The van der Waals surface area contributed by atoms with E-state index >= 15 is 0 Å². The van der Waals surface area contributed by atoms with Gasteiger partial charge in [0.1, 0.15) is 0 Å². The van der Waals surface area contributed by atoms with Crippen LogP contribution in [0.15, 0.2) is 0 Å². The molecule has 0 saturated carbocycles. The van der Waals surface area contributed by atoms with Gasteiger partial charge in [-0.3, -0.25) is 14.4 Å². The monoisotopic (exact) mass is 300 g/mol. The summed E-state index contributed by atoms with van der Waals surface area (Å²) in [6.07, 6.45) is 0.805. The molecular weight excluding hydrogens is 272 g/mol. The second-order valence-corrected chi connectivity index (χ2v) is 6.24. The van der Waals surface area contributed by atoms with Crippen molar-refractivity contribution in [1.82, 2.24) is 10.2 Å². The van der Waals surface area contributed by atoms with Gasteiger partial charge in [-0.05, 0) is 20.3 Å². The van der Waals surface area contributed by atoms with Crippen molar-refractivity contribution in [2.45, 2.75) is 59.9 Å². The first-order valence-electron chi connectivity index (χ1n) is 7.39. The van der Waals surface area contributed by atoms with Crippen molar-refractivity contribution >= 4 is 17.8 Å².